The topological polar surface area (TPSA) is 143 Å². The van der Waals surface area contributed by atoms with Gasteiger partial charge in [-0.05, 0) is 12.1 Å². The fourth-order valence-electron chi connectivity index (χ4n) is 3.00. The van der Waals surface area contributed by atoms with Crippen LogP contribution in [0.15, 0.2) is 42.9 Å². The van der Waals surface area contributed by atoms with Gasteiger partial charge in [0, 0.05) is 5.56 Å². The zero-order valence-corrected chi connectivity index (χ0v) is 14.0. The maximum Gasteiger partial charge on any atom is 0.256 e. The lowest BCUT2D eigenvalue weighted by Crippen LogP contribution is -2.33. The van der Waals surface area contributed by atoms with Crippen LogP contribution in [0, 0.1) is 0 Å². The van der Waals surface area contributed by atoms with Gasteiger partial charge in [0.25, 0.3) is 5.91 Å². The fourth-order valence-corrected chi connectivity index (χ4v) is 3.00. The summed E-state index contributed by atoms with van der Waals surface area (Å²) in [5, 5.41) is 36.7. The number of carbonyl (C=O) groups excluding carboxylic acids is 1. The molecule has 1 aromatic carbocycles. The van der Waals surface area contributed by atoms with Crippen LogP contribution in [0.5, 0.6) is 0 Å². The number of ether oxygens (including phenoxy) is 1. The summed E-state index contributed by atoms with van der Waals surface area (Å²) < 4.78 is 6.77. The van der Waals surface area contributed by atoms with Crippen LogP contribution in [0.2, 0.25) is 0 Å². The number of nitrogens with zero attached hydrogens (tertiary/aromatic N) is 4. The Morgan fingerprint density at radius 2 is 1.96 bits per heavy atom. The minimum absolute atomic E-state index is 0.256. The number of hydrogen-bond acceptors (Lipinski definition) is 8. The molecule has 3 heterocycles. The second-order valence-corrected chi connectivity index (χ2v) is 6.10. The monoisotopic (exact) mass is 371 g/mol. The van der Waals surface area contributed by atoms with Crippen molar-refractivity contribution in [2.45, 2.75) is 24.5 Å². The number of aromatic nitrogens is 4. The molecular formula is C17H17N5O5. The van der Waals surface area contributed by atoms with Gasteiger partial charge in [-0.2, -0.15) is 5.10 Å². The summed E-state index contributed by atoms with van der Waals surface area (Å²) >= 11 is 0. The van der Waals surface area contributed by atoms with Crippen molar-refractivity contribution < 1.29 is 24.9 Å². The van der Waals surface area contributed by atoms with Gasteiger partial charge in [-0.15, -0.1) is 0 Å². The quantitative estimate of drug-likeness (QED) is 0.489. The highest BCUT2D eigenvalue weighted by Gasteiger charge is 2.44. The lowest BCUT2D eigenvalue weighted by atomic mass is 10.1. The molecule has 4 atom stereocenters. The maximum absolute atomic E-state index is 12.4. The number of carbonyl (C=O) groups is 1. The largest absolute Gasteiger partial charge is 0.394 e. The van der Waals surface area contributed by atoms with E-state index < -0.39 is 31.1 Å². The van der Waals surface area contributed by atoms with Crippen molar-refractivity contribution in [2.24, 2.45) is 0 Å². The molecule has 0 radical (unpaired) electrons. The summed E-state index contributed by atoms with van der Waals surface area (Å²) in [6.45, 7) is -0.443. The molecule has 4 rings (SSSR count). The molecule has 1 aliphatic heterocycles. The molecule has 0 aliphatic carbocycles. The molecule has 27 heavy (non-hydrogen) atoms. The minimum Gasteiger partial charge on any atom is -0.394 e. The van der Waals surface area contributed by atoms with E-state index in [9.17, 15) is 20.1 Å². The minimum atomic E-state index is -1.29. The summed E-state index contributed by atoms with van der Waals surface area (Å²) in [5.74, 6) is -0.0804. The Labute approximate surface area is 153 Å². The summed E-state index contributed by atoms with van der Waals surface area (Å²) in [7, 11) is 0. The highest BCUT2D eigenvalue weighted by atomic mass is 16.6. The molecule has 4 N–H and O–H groups in total. The van der Waals surface area contributed by atoms with Crippen molar-refractivity contribution in [3.63, 3.8) is 0 Å². The standard InChI is InChI=1S/C17H17N5O5/c23-7-11-12(24)13(25)17(27-11)22-15-10(6-20-22)14(18-8-19-15)21-16(26)9-4-2-1-3-5-9/h1-6,8,11-13,17,23-25H,7H2,(H,18,19,21,26)/t11-,12?,13+,17-/m1/s1. The fraction of sp³-hybridized carbons (Fsp3) is 0.294. The summed E-state index contributed by atoms with van der Waals surface area (Å²) in [6, 6.07) is 8.67. The van der Waals surface area contributed by atoms with Crippen LogP contribution >= 0.6 is 0 Å². The van der Waals surface area contributed by atoms with Gasteiger partial charge in [-0.25, -0.2) is 14.6 Å². The highest BCUT2D eigenvalue weighted by molar-refractivity contribution is 6.07. The van der Waals surface area contributed by atoms with Crippen LogP contribution in [0.1, 0.15) is 16.6 Å². The molecule has 10 nitrogen and oxygen atoms in total. The SMILES string of the molecule is O=C(Nc1ncnc2c1cnn2[C@@H]1O[C@H](CO)C(O)[C@@H]1O)c1ccccc1. The Bertz CT molecular complexity index is 963. The molecule has 2 aromatic heterocycles. The van der Waals surface area contributed by atoms with E-state index in [1.807, 2.05) is 6.07 Å². The third-order valence-corrected chi connectivity index (χ3v) is 4.42. The van der Waals surface area contributed by atoms with E-state index in [4.69, 9.17) is 4.74 Å². The first-order valence-corrected chi connectivity index (χ1v) is 8.27. The van der Waals surface area contributed by atoms with Crippen LogP contribution in [-0.4, -0.2) is 65.9 Å². The van der Waals surface area contributed by atoms with Gasteiger partial charge in [0.2, 0.25) is 0 Å². The number of rotatable bonds is 4. The van der Waals surface area contributed by atoms with Gasteiger partial charge in [0.15, 0.2) is 11.9 Å². The third kappa shape index (κ3) is 3.04. The second-order valence-electron chi connectivity index (χ2n) is 6.10. The molecule has 1 amide bonds. The van der Waals surface area contributed by atoms with Gasteiger partial charge >= 0.3 is 0 Å². The summed E-state index contributed by atoms with van der Waals surface area (Å²) in [5.41, 5.74) is 0.781. The number of hydrogen-bond donors (Lipinski definition) is 4. The molecule has 0 saturated carbocycles. The van der Waals surface area contributed by atoms with E-state index in [1.165, 1.54) is 17.2 Å². The average Bonchev–Trinajstić information content (AvgIpc) is 3.25. The van der Waals surface area contributed by atoms with Crippen LogP contribution in [0.3, 0.4) is 0 Å². The first-order chi connectivity index (χ1) is 13.1. The first kappa shape index (κ1) is 17.5. The van der Waals surface area contributed by atoms with Gasteiger partial charge in [-0.3, -0.25) is 4.79 Å². The zero-order chi connectivity index (χ0) is 19.0. The van der Waals surface area contributed by atoms with Crippen LogP contribution in [0.25, 0.3) is 11.0 Å². The predicted octanol–water partition coefficient (Wildman–Crippen LogP) is -0.310. The number of nitrogens with one attached hydrogen (secondary N) is 1. The lowest BCUT2D eigenvalue weighted by Gasteiger charge is -2.15. The molecule has 0 bridgehead atoms. The smallest absolute Gasteiger partial charge is 0.256 e. The lowest BCUT2D eigenvalue weighted by molar-refractivity contribution is -0.0566. The number of amides is 1. The number of aliphatic hydroxyl groups is 3. The van der Waals surface area contributed by atoms with Gasteiger partial charge in [0.05, 0.1) is 18.2 Å². The van der Waals surface area contributed by atoms with Gasteiger partial charge < -0.3 is 25.4 Å². The Hall–Kier alpha value is -2.92. The molecule has 140 valence electrons. The Balaban J connectivity index is 1.65. The van der Waals surface area contributed by atoms with E-state index in [1.54, 1.807) is 24.3 Å². The average molecular weight is 371 g/mol. The summed E-state index contributed by atoms with van der Waals surface area (Å²) in [4.78, 5) is 20.6. The molecular weight excluding hydrogens is 354 g/mol. The first-order valence-electron chi connectivity index (χ1n) is 8.27. The Kier molecular flexibility index (Phi) is 4.54. The third-order valence-electron chi connectivity index (χ3n) is 4.42. The molecule has 1 unspecified atom stereocenters. The van der Waals surface area contributed by atoms with Gasteiger partial charge in [-0.1, -0.05) is 18.2 Å². The van der Waals surface area contributed by atoms with Crippen molar-refractivity contribution in [1.82, 2.24) is 19.7 Å². The van der Waals surface area contributed by atoms with Crippen molar-refractivity contribution in [3.8, 4) is 0 Å². The van der Waals surface area contributed by atoms with E-state index in [-0.39, 0.29) is 11.7 Å². The van der Waals surface area contributed by atoms with Crippen LogP contribution < -0.4 is 5.32 Å². The van der Waals surface area contributed by atoms with E-state index >= 15 is 0 Å². The molecule has 0 spiro atoms. The summed E-state index contributed by atoms with van der Waals surface area (Å²) in [6.07, 6.45) is -1.81. The van der Waals surface area contributed by atoms with E-state index in [0.29, 0.717) is 16.6 Å². The molecule has 10 heteroatoms. The maximum atomic E-state index is 12.4. The van der Waals surface area contributed by atoms with Crippen molar-refractivity contribution in [3.05, 3.63) is 48.4 Å². The zero-order valence-electron chi connectivity index (χ0n) is 14.0. The van der Waals surface area contributed by atoms with Crippen molar-refractivity contribution >= 4 is 22.8 Å². The molecule has 1 saturated heterocycles. The van der Waals surface area contributed by atoms with E-state index in [2.05, 4.69) is 20.4 Å². The van der Waals surface area contributed by atoms with Crippen molar-refractivity contribution in [1.29, 1.82) is 0 Å². The molecule has 1 aliphatic rings. The molecule has 1 fully saturated rings. The Morgan fingerprint density at radius 1 is 1.19 bits per heavy atom. The number of aliphatic hydroxyl groups excluding tert-OH is 3. The number of fused-ring (bicyclic) bond motifs is 1. The van der Waals surface area contributed by atoms with Gasteiger partial charge in [0.1, 0.15) is 30.5 Å². The van der Waals surface area contributed by atoms with Crippen LogP contribution in [0.4, 0.5) is 5.82 Å². The van der Waals surface area contributed by atoms with E-state index in [0.717, 1.165) is 0 Å². The number of benzene rings is 1. The highest BCUT2D eigenvalue weighted by Crippen LogP contribution is 2.31. The number of anilines is 1. The Morgan fingerprint density at radius 3 is 2.67 bits per heavy atom. The van der Waals surface area contributed by atoms with Crippen LogP contribution in [-0.2, 0) is 4.74 Å². The molecule has 3 aromatic rings. The van der Waals surface area contributed by atoms with Crippen molar-refractivity contribution in [2.75, 3.05) is 11.9 Å². The second kappa shape index (κ2) is 7.00. The predicted molar refractivity (Wildman–Crippen MR) is 92.7 cm³/mol. The normalized spacial score (nSPS) is 25.0.